The van der Waals surface area contributed by atoms with Crippen LogP contribution in [0.2, 0.25) is 0 Å². The molecule has 1 N–H and O–H groups in total. The van der Waals surface area contributed by atoms with Gasteiger partial charge in [0.15, 0.2) is 0 Å². The molecule has 0 aliphatic carbocycles. The first-order valence-corrected chi connectivity index (χ1v) is 14.2. The van der Waals surface area contributed by atoms with Crippen LogP contribution in [0.15, 0.2) is 54.6 Å². The van der Waals surface area contributed by atoms with E-state index in [4.69, 9.17) is 4.74 Å². The lowest BCUT2D eigenvalue weighted by Gasteiger charge is -2.38. The third kappa shape index (κ3) is 4.34. The normalized spacial score (nSPS) is 22.7. The Morgan fingerprint density at radius 1 is 0.923 bits per heavy atom. The van der Waals surface area contributed by atoms with Gasteiger partial charge in [0.2, 0.25) is 11.8 Å². The average molecular weight is 524 g/mol. The molecule has 7 rings (SSSR count). The van der Waals surface area contributed by atoms with E-state index in [1.54, 1.807) is 4.90 Å². The van der Waals surface area contributed by atoms with Gasteiger partial charge >= 0.3 is 0 Å². The van der Waals surface area contributed by atoms with Gasteiger partial charge in [0.1, 0.15) is 6.04 Å². The minimum absolute atomic E-state index is 0.156. The quantitative estimate of drug-likeness (QED) is 0.504. The maximum Gasteiger partial charge on any atom is 0.259 e. The number of amides is 3. The Kier molecular flexibility index (Phi) is 6.01. The summed E-state index contributed by atoms with van der Waals surface area (Å²) in [5.41, 5.74) is 5.24. The Labute approximate surface area is 228 Å². The Morgan fingerprint density at radius 3 is 2.46 bits per heavy atom. The predicted octanol–water partition coefficient (Wildman–Crippen LogP) is 4.34. The minimum atomic E-state index is -0.666. The summed E-state index contributed by atoms with van der Waals surface area (Å²) in [6, 6.07) is 18.1. The third-order valence-corrected chi connectivity index (χ3v) is 9.12. The number of likely N-dealkylation sites (tertiary alicyclic amines) is 1. The summed E-state index contributed by atoms with van der Waals surface area (Å²) in [6.07, 6.45) is 6.04. The molecule has 7 heteroatoms. The number of nitrogens with one attached hydrogen (secondary N) is 1. The number of carbonyl (C=O) groups excluding carboxylic acids is 3. The molecule has 3 amide bonds. The number of rotatable bonds is 5. The van der Waals surface area contributed by atoms with E-state index in [-0.39, 0.29) is 23.8 Å². The Bertz CT molecular complexity index is 1460. The van der Waals surface area contributed by atoms with Crippen molar-refractivity contribution in [1.29, 1.82) is 0 Å². The zero-order chi connectivity index (χ0) is 26.6. The number of ether oxygens (including phenoxy) is 1. The first-order valence-electron chi connectivity index (χ1n) is 14.2. The van der Waals surface area contributed by atoms with Crippen LogP contribution in [-0.2, 0) is 27.3 Å². The molecule has 0 unspecified atom stereocenters. The molecule has 0 aromatic heterocycles. The van der Waals surface area contributed by atoms with E-state index in [2.05, 4.69) is 46.6 Å². The highest BCUT2D eigenvalue weighted by atomic mass is 16.5. The molecule has 7 nitrogen and oxygen atoms in total. The predicted molar refractivity (Wildman–Crippen MR) is 149 cm³/mol. The molecule has 0 radical (unpaired) electrons. The fraction of sp³-hybridized carbons (Fsp3) is 0.406. The first kappa shape index (κ1) is 24.5. The van der Waals surface area contributed by atoms with Gasteiger partial charge in [-0.15, -0.1) is 0 Å². The highest BCUT2D eigenvalue weighted by Crippen LogP contribution is 2.41. The van der Waals surface area contributed by atoms with Crippen molar-refractivity contribution < 1.29 is 19.1 Å². The van der Waals surface area contributed by atoms with Crippen LogP contribution in [0.3, 0.4) is 0 Å². The van der Waals surface area contributed by atoms with E-state index < -0.39 is 11.9 Å². The number of hydrogen-bond acceptors (Lipinski definition) is 5. The topological polar surface area (TPSA) is 79.0 Å². The van der Waals surface area contributed by atoms with Crippen LogP contribution in [0, 0.1) is 0 Å². The molecule has 0 saturated carbocycles. The van der Waals surface area contributed by atoms with Crippen molar-refractivity contribution in [1.82, 2.24) is 10.2 Å². The fourth-order valence-corrected chi connectivity index (χ4v) is 6.97. The van der Waals surface area contributed by atoms with Gasteiger partial charge < -0.3 is 4.74 Å². The van der Waals surface area contributed by atoms with Gasteiger partial charge in [-0.1, -0.05) is 42.5 Å². The highest BCUT2D eigenvalue weighted by Gasteiger charge is 2.41. The molecule has 3 saturated heterocycles. The number of imide groups is 1. The molecule has 4 aliphatic rings. The molecule has 0 bridgehead atoms. The molecule has 3 aromatic carbocycles. The van der Waals surface area contributed by atoms with Gasteiger partial charge in [-0.2, -0.15) is 0 Å². The number of carbonyl (C=O) groups is 3. The lowest BCUT2D eigenvalue weighted by molar-refractivity contribution is -0.134. The van der Waals surface area contributed by atoms with E-state index in [0.717, 1.165) is 67.5 Å². The standard InChI is InChI=1S/C32H33N3O4/c36-28-12-11-27(30(37)33-28)35-26-10-9-23(24-3-1-4-25(29(24)26)31(35)38)19-21-5-7-22(8-6-21)20-34-16-14-32(15-17-34)13-2-18-39-32/h1,3-10,27H,2,11-20H2,(H,33,36,37)/t27-/m1/s1. The molecule has 39 heavy (non-hydrogen) atoms. The zero-order valence-electron chi connectivity index (χ0n) is 22.1. The number of hydrogen-bond donors (Lipinski definition) is 1. The van der Waals surface area contributed by atoms with Crippen LogP contribution in [0.25, 0.3) is 10.8 Å². The summed E-state index contributed by atoms with van der Waals surface area (Å²) >= 11 is 0. The SMILES string of the molecule is O=C1CC[C@@H](N2C(=O)c3cccc4c(Cc5ccc(CN6CCC7(CCCO7)CC6)cc5)ccc2c34)C(=O)N1. The number of anilines is 1. The fourth-order valence-electron chi connectivity index (χ4n) is 6.97. The van der Waals surface area contributed by atoms with Gasteiger partial charge in [-0.25, -0.2) is 0 Å². The van der Waals surface area contributed by atoms with Crippen LogP contribution in [0.1, 0.15) is 65.6 Å². The monoisotopic (exact) mass is 523 g/mol. The van der Waals surface area contributed by atoms with Crippen molar-refractivity contribution in [2.45, 2.75) is 63.1 Å². The summed E-state index contributed by atoms with van der Waals surface area (Å²) in [5, 5.41) is 4.33. The van der Waals surface area contributed by atoms with Crippen molar-refractivity contribution in [3.63, 3.8) is 0 Å². The number of nitrogens with zero attached hydrogens (tertiary/aromatic N) is 2. The van der Waals surface area contributed by atoms with Crippen LogP contribution < -0.4 is 10.2 Å². The summed E-state index contributed by atoms with van der Waals surface area (Å²) < 4.78 is 6.07. The molecular weight excluding hydrogens is 490 g/mol. The zero-order valence-corrected chi connectivity index (χ0v) is 22.1. The highest BCUT2D eigenvalue weighted by molar-refractivity contribution is 6.27. The van der Waals surface area contributed by atoms with E-state index in [1.807, 2.05) is 18.2 Å². The van der Waals surface area contributed by atoms with Crippen LogP contribution in [-0.4, -0.2) is 54.0 Å². The van der Waals surface area contributed by atoms with Crippen LogP contribution in [0.4, 0.5) is 5.69 Å². The average Bonchev–Trinajstić information content (AvgIpc) is 3.52. The lowest BCUT2D eigenvalue weighted by atomic mass is 9.88. The molecule has 1 spiro atoms. The van der Waals surface area contributed by atoms with E-state index >= 15 is 0 Å². The van der Waals surface area contributed by atoms with E-state index in [9.17, 15) is 14.4 Å². The summed E-state index contributed by atoms with van der Waals surface area (Å²) in [7, 11) is 0. The van der Waals surface area contributed by atoms with Gasteiger partial charge in [0, 0.05) is 43.6 Å². The molecule has 3 fully saturated rings. The molecule has 200 valence electrons. The minimum Gasteiger partial charge on any atom is -0.375 e. The summed E-state index contributed by atoms with van der Waals surface area (Å²) in [4.78, 5) is 41.8. The van der Waals surface area contributed by atoms with Crippen molar-refractivity contribution in [3.05, 3.63) is 76.9 Å². The van der Waals surface area contributed by atoms with E-state index in [0.29, 0.717) is 12.0 Å². The number of piperidine rings is 2. The van der Waals surface area contributed by atoms with Crippen molar-refractivity contribution in [2.24, 2.45) is 0 Å². The molecule has 4 heterocycles. The Balaban J connectivity index is 1.08. The summed E-state index contributed by atoms with van der Waals surface area (Å²) in [6.45, 7) is 4.08. The van der Waals surface area contributed by atoms with Crippen molar-refractivity contribution in [3.8, 4) is 0 Å². The first-order chi connectivity index (χ1) is 19.0. The molecular formula is C32H33N3O4. The maximum atomic E-state index is 13.4. The lowest BCUT2D eigenvalue weighted by Crippen LogP contribution is -2.53. The van der Waals surface area contributed by atoms with E-state index in [1.165, 1.54) is 24.0 Å². The third-order valence-electron chi connectivity index (χ3n) is 9.12. The van der Waals surface area contributed by atoms with Gasteiger partial charge in [-0.05, 0) is 72.7 Å². The second-order valence-corrected chi connectivity index (χ2v) is 11.5. The summed E-state index contributed by atoms with van der Waals surface area (Å²) in [5.74, 6) is -0.856. The van der Waals surface area contributed by atoms with Crippen molar-refractivity contribution in [2.75, 3.05) is 24.6 Å². The maximum absolute atomic E-state index is 13.4. The second-order valence-electron chi connectivity index (χ2n) is 11.5. The largest absolute Gasteiger partial charge is 0.375 e. The van der Waals surface area contributed by atoms with Gasteiger partial charge in [-0.3, -0.25) is 29.5 Å². The van der Waals surface area contributed by atoms with Gasteiger partial charge in [0.25, 0.3) is 5.91 Å². The van der Waals surface area contributed by atoms with Crippen LogP contribution in [0.5, 0.6) is 0 Å². The smallest absolute Gasteiger partial charge is 0.259 e. The second kappa shape index (κ2) is 9.57. The molecule has 4 aliphatic heterocycles. The van der Waals surface area contributed by atoms with Gasteiger partial charge in [0.05, 0.1) is 11.3 Å². The Morgan fingerprint density at radius 2 is 1.72 bits per heavy atom. The van der Waals surface area contributed by atoms with Crippen LogP contribution >= 0.6 is 0 Å². The van der Waals surface area contributed by atoms with Crippen molar-refractivity contribution >= 4 is 34.2 Å². The molecule has 3 aromatic rings. The Hall–Kier alpha value is -3.55. The number of benzene rings is 3. The molecule has 1 atom stereocenters.